The molecular formula is C8H7ClN2O2S. The molecule has 0 saturated heterocycles. The van der Waals surface area contributed by atoms with Crippen molar-refractivity contribution in [1.29, 1.82) is 0 Å². The van der Waals surface area contributed by atoms with Crippen molar-refractivity contribution in [3.8, 4) is 0 Å². The maximum absolute atomic E-state index is 9.69. The van der Waals surface area contributed by atoms with E-state index in [1.165, 1.54) is 0 Å². The molecule has 0 aliphatic rings. The van der Waals surface area contributed by atoms with Crippen LogP contribution in [0.2, 0.25) is 5.22 Å². The van der Waals surface area contributed by atoms with Crippen molar-refractivity contribution in [2.45, 2.75) is 12.5 Å². The molecule has 0 radical (unpaired) electrons. The van der Waals surface area contributed by atoms with Crippen molar-refractivity contribution in [1.82, 2.24) is 8.75 Å². The molecule has 0 bridgehead atoms. The Labute approximate surface area is 89.5 Å². The molecule has 1 N–H and O–H groups in total. The fourth-order valence-electron chi connectivity index (χ4n) is 1.08. The predicted molar refractivity (Wildman–Crippen MR) is 52.3 cm³/mol. The van der Waals surface area contributed by atoms with Crippen LogP contribution in [0.25, 0.3) is 0 Å². The highest BCUT2D eigenvalue weighted by molar-refractivity contribution is 6.99. The van der Waals surface area contributed by atoms with Gasteiger partial charge in [-0.2, -0.15) is 8.75 Å². The normalized spacial score (nSPS) is 13.0. The summed E-state index contributed by atoms with van der Waals surface area (Å²) in [6.45, 7) is 0. The van der Waals surface area contributed by atoms with Gasteiger partial charge in [0.2, 0.25) is 0 Å². The Kier molecular flexibility index (Phi) is 2.81. The number of halogens is 1. The summed E-state index contributed by atoms with van der Waals surface area (Å²) in [6, 6.07) is 3.24. The number of hydrogen-bond acceptors (Lipinski definition) is 5. The van der Waals surface area contributed by atoms with E-state index in [0.29, 0.717) is 12.2 Å². The highest BCUT2D eigenvalue weighted by Gasteiger charge is 2.13. The van der Waals surface area contributed by atoms with Crippen LogP contribution in [0.5, 0.6) is 0 Å². The highest BCUT2D eigenvalue weighted by atomic mass is 35.5. The first-order valence-corrected chi connectivity index (χ1v) is 5.06. The summed E-state index contributed by atoms with van der Waals surface area (Å²) in [4.78, 5) is 0. The lowest BCUT2D eigenvalue weighted by atomic mass is 10.2. The van der Waals surface area contributed by atoms with E-state index in [9.17, 15) is 5.11 Å². The van der Waals surface area contributed by atoms with E-state index in [1.54, 1.807) is 18.3 Å². The first-order valence-electron chi connectivity index (χ1n) is 3.95. The van der Waals surface area contributed by atoms with Crippen LogP contribution in [-0.4, -0.2) is 13.9 Å². The molecule has 1 atom stereocenters. The van der Waals surface area contributed by atoms with Gasteiger partial charge < -0.3 is 9.52 Å². The van der Waals surface area contributed by atoms with E-state index in [2.05, 4.69) is 8.75 Å². The Bertz CT molecular complexity index is 401. The molecule has 2 aromatic heterocycles. The van der Waals surface area contributed by atoms with Crippen molar-refractivity contribution in [3.63, 3.8) is 0 Å². The lowest BCUT2D eigenvalue weighted by Gasteiger charge is -2.03. The lowest BCUT2D eigenvalue weighted by Crippen LogP contribution is -2.00. The molecule has 2 rings (SSSR count). The molecule has 2 heterocycles. The molecule has 0 aliphatic heterocycles. The fourth-order valence-corrected chi connectivity index (χ4v) is 1.67. The van der Waals surface area contributed by atoms with Gasteiger partial charge in [0.05, 0.1) is 23.6 Å². The van der Waals surface area contributed by atoms with E-state index < -0.39 is 6.10 Å². The van der Waals surface area contributed by atoms with Crippen LogP contribution in [0, 0.1) is 0 Å². The minimum Gasteiger partial charge on any atom is -0.447 e. The van der Waals surface area contributed by atoms with Crippen LogP contribution in [0.15, 0.2) is 22.7 Å². The molecule has 0 aromatic carbocycles. The monoisotopic (exact) mass is 230 g/mol. The van der Waals surface area contributed by atoms with Gasteiger partial charge in [0.25, 0.3) is 0 Å². The molecule has 74 valence electrons. The number of aliphatic hydroxyl groups excluding tert-OH is 1. The quantitative estimate of drug-likeness (QED) is 0.877. The minimum absolute atomic E-state index is 0.274. The molecule has 14 heavy (non-hydrogen) atoms. The summed E-state index contributed by atoms with van der Waals surface area (Å²) >= 11 is 6.70. The third-order valence-electron chi connectivity index (χ3n) is 1.73. The zero-order valence-electron chi connectivity index (χ0n) is 7.05. The summed E-state index contributed by atoms with van der Waals surface area (Å²) in [7, 11) is 0. The molecular weight excluding hydrogens is 224 g/mol. The zero-order valence-corrected chi connectivity index (χ0v) is 8.63. The number of furan rings is 1. The lowest BCUT2D eigenvalue weighted by molar-refractivity contribution is 0.149. The zero-order chi connectivity index (χ0) is 9.97. The maximum atomic E-state index is 9.69. The SMILES string of the molecule is OC(Cc1cnsn1)c1ccc(Cl)o1. The molecule has 4 nitrogen and oxygen atoms in total. The average Bonchev–Trinajstić information content (AvgIpc) is 2.75. The van der Waals surface area contributed by atoms with E-state index in [-0.39, 0.29) is 5.22 Å². The molecule has 6 heteroatoms. The van der Waals surface area contributed by atoms with Gasteiger partial charge in [-0.3, -0.25) is 0 Å². The summed E-state index contributed by atoms with van der Waals surface area (Å²) in [5.74, 6) is 0.447. The van der Waals surface area contributed by atoms with Gasteiger partial charge in [0.1, 0.15) is 11.9 Å². The molecule has 0 amide bonds. The summed E-state index contributed by atoms with van der Waals surface area (Å²) < 4.78 is 12.9. The van der Waals surface area contributed by atoms with Crippen molar-refractivity contribution >= 4 is 23.3 Å². The van der Waals surface area contributed by atoms with Crippen molar-refractivity contribution in [2.24, 2.45) is 0 Å². The van der Waals surface area contributed by atoms with Crippen molar-refractivity contribution in [3.05, 3.63) is 35.0 Å². The van der Waals surface area contributed by atoms with Crippen LogP contribution < -0.4 is 0 Å². The van der Waals surface area contributed by atoms with Crippen LogP contribution in [0.3, 0.4) is 0 Å². The number of aliphatic hydroxyl groups is 1. The third-order valence-corrected chi connectivity index (χ3v) is 2.45. The van der Waals surface area contributed by atoms with Gasteiger partial charge in [-0.1, -0.05) is 0 Å². The first kappa shape index (κ1) is 9.64. The topological polar surface area (TPSA) is 59.2 Å². The summed E-state index contributed by atoms with van der Waals surface area (Å²) in [6.07, 6.45) is 1.30. The van der Waals surface area contributed by atoms with Gasteiger partial charge in [-0.05, 0) is 23.7 Å². The number of nitrogens with zero attached hydrogens (tertiary/aromatic N) is 2. The van der Waals surface area contributed by atoms with Gasteiger partial charge in [-0.15, -0.1) is 0 Å². The Balaban J connectivity index is 2.06. The Morgan fingerprint density at radius 2 is 2.43 bits per heavy atom. The Morgan fingerprint density at radius 1 is 1.57 bits per heavy atom. The minimum atomic E-state index is -0.716. The van der Waals surface area contributed by atoms with Crippen LogP contribution in [0.4, 0.5) is 0 Å². The number of aromatic nitrogens is 2. The van der Waals surface area contributed by atoms with Gasteiger partial charge in [-0.25, -0.2) is 0 Å². The van der Waals surface area contributed by atoms with Gasteiger partial charge >= 0.3 is 0 Å². The van der Waals surface area contributed by atoms with Crippen LogP contribution in [-0.2, 0) is 6.42 Å². The smallest absolute Gasteiger partial charge is 0.193 e. The van der Waals surface area contributed by atoms with E-state index in [4.69, 9.17) is 16.0 Å². The van der Waals surface area contributed by atoms with Crippen LogP contribution >= 0.6 is 23.3 Å². The second-order valence-electron chi connectivity index (χ2n) is 2.76. The van der Waals surface area contributed by atoms with Crippen molar-refractivity contribution < 1.29 is 9.52 Å². The first-order chi connectivity index (χ1) is 6.75. The molecule has 2 aromatic rings. The molecule has 1 unspecified atom stereocenters. The number of hydrogen-bond donors (Lipinski definition) is 1. The second-order valence-corrected chi connectivity index (χ2v) is 3.69. The largest absolute Gasteiger partial charge is 0.447 e. The van der Waals surface area contributed by atoms with Crippen molar-refractivity contribution in [2.75, 3.05) is 0 Å². The fraction of sp³-hybridized carbons (Fsp3) is 0.250. The summed E-state index contributed by atoms with van der Waals surface area (Å²) in [5, 5.41) is 9.96. The maximum Gasteiger partial charge on any atom is 0.193 e. The van der Waals surface area contributed by atoms with E-state index in [1.807, 2.05) is 0 Å². The predicted octanol–water partition coefficient (Wildman–Crippen LogP) is 2.06. The average molecular weight is 231 g/mol. The Hall–Kier alpha value is -0.910. The highest BCUT2D eigenvalue weighted by Crippen LogP contribution is 2.22. The Morgan fingerprint density at radius 3 is 3.00 bits per heavy atom. The molecule has 0 spiro atoms. The second kappa shape index (κ2) is 4.08. The number of rotatable bonds is 3. The van der Waals surface area contributed by atoms with Gasteiger partial charge in [0, 0.05) is 6.42 Å². The standard InChI is InChI=1S/C8H7ClN2O2S/c9-8-2-1-7(13-8)6(12)3-5-4-10-14-11-5/h1-2,4,6,12H,3H2. The summed E-state index contributed by atoms with van der Waals surface area (Å²) in [5.41, 5.74) is 0.745. The van der Waals surface area contributed by atoms with E-state index in [0.717, 1.165) is 17.4 Å². The van der Waals surface area contributed by atoms with Gasteiger partial charge in [0.15, 0.2) is 5.22 Å². The van der Waals surface area contributed by atoms with Crippen LogP contribution in [0.1, 0.15) is 17.6 Å². The van der Waals surface area contributed by atoms with E-state index >= 15 is 0 Å². The third kappa shape index (κ3) is 2.12. The molecule has 0 aliphatic carbocycles. The molecule has 0 saturated carbocycles. The molecule has 0 fully saturated rings.